The maximum atomic E-state index is 2.77. The molecule has 3 aromatic rings. The summed E-state index contributed by atoms with van der Waals surface area (Å²) in [5.74, 6) is 5.49. The number of allylic oxidation sites excluding steroid dienone is 2. The van der Waals surface area contributed by atoms with Gasteiger partial charge in [-0.05, 0) is 114 Å². The summed E-state index contributed by atoms with van der Waals surface area (Å²) in [4.78, 5) is 0. The average molecular weight is 578 g/mol. The van der Waals surface area contributed by atoms with Crippen LogP contribution in [-0.2, 0) is 6.54 Å². The first-order chi connectivity index (χ1) is 20.7. The largest absolute Gasteiger partial charge is 0.244 e. The second kappa shape index (κ2) is 11.5. The van der Waals surface area contributed by atoms with E-state index in [1.807, 2.05) is 0 Å². The third kappa shape index (κ3) is 5.33. The maximum absolute atomic E-state index is 2.77. The smallest absolute Gasteiger partial charge is 0.234 e. The van der Waals surface area contributed by atoms with Gasteiger partial charge in [-0.15, -0.1) is 0 Å². The zero-order valence-electron chi connectivity index (χ0n) is 27.8. The topological polar surface area (TPSA) is 8.81 Å². The molecule has 3 saturated carbocycles. The molecule has 43 heavy (non-hydrogen) atoms. The van der Waals surface area contributed by atoms with E-state index in [-0.39, 0.29) is 0 Å². The van der Waals surface area contributed by atoms with Gasteiger partial charge in [-0.2, -0.15) is 0 Å². The Balaban J connectivity index is 1.02. The Labute approximate surface area is 262 Å². The van der Waals surface area contributed by atoms with Crippen molar-refractivity contribution in [3.63, 3.8) is 0 Å². The maximum Gasteiger partial charge on any atom is 0.244 e. The molecular formula is C41H57N2+. The molecule has 0 bridgehead atoms. The molecule has 4 aliphatic carbocycles. The molecule has 0 radical (unpaired) electrons. The van der Waals surface area contributed by atoms with Gasteiger partial charge in [0.05, 0.1) is 0 Å². The van der Waals surface area contributed by atoms with Gasteiger partial charge >= 0.3 is 0 Å². The number of hydrogen-bond donors (Lipinski definition) is 0. The van der Waals surface area contributed by atoms with E-state index in [0.717, 1.165) is 42.1 Å². The van der Waals surface area contributed by atoms with E-state index in [4.69, 9.17) is 0 Å². The second-order valence-corrected chi connectivity index (χ2v) is 16.4. The van der Waals surface area contributed by atoms with Crippen LogP contribution < -0.4 is 4.57 Å². The van der Waals surface area contributed by atoms with Crippen LogP contribution in [0.15, 0.2) is 72.8 Å². The van der Waals surface area contributed by atoms with Gasteiger partial charge < -0.3 is 0 Å². The number of imidazole rings is 1. The van der Waals surface area contributed by atoms with Gasteiger partial charge in [0.2, 0.25) is 6.33 Å². The fourth-order valence-electron chi connectivity index (χ4n) is 11.2. The molecule has 0 aliphatic heterocycles. The summed E-state index contributed by atoms with van der Waals surface area (Å²) >= 11 is 0. The minimum absolute atomic E-state index is 0.427. The van der Waals surface area contributed by atoms with E-state index in [2.05, 4.69) is 111 Å². The van der Waals surface area contributed by atoms with Gasteiger partial charge in [-0.3, -0.25) is 0 Å². The molecule has 0 N–H and O–H groups in total. The molecule has 0 spiro atoms. The lowest BCUT2D eigenvalue weighted by Gasteiger charge is -2.58. The van der Waals surface area contributed by atoms with Crippen LogP contribution in [-0.4, -0.2) is 4.57 Å². The quantitative estimate of drug-likeness (QED) is 0.186. The Morgan fingerprint density at radius 3 is 2.58 bits per heavy atom. The molecule has 8 atom stereocenters. The van der Waals surface area contributed by atoms with Crippen molar-refractivity contribution in [3.05, 3.63) is 78.4 Å². The van der Waals surface area contributed by atoms with E-state index < -0.39 is 0 Å². The Bertz CT molecular complexity index is 1460. The van der Waals surface area contributed by atoms with Gasteiger partial charge in [0.1, 0.15) is 25.0 Å². The predicted molar refractivity (Wildman–Crippen MR) is 180 cm³/mol. The molecule has 7 rings (SSSR count). The highest BCUT2D eigenvalue weighted by Crippen LogP contribution is 2.67. The van der Waals surface area contributed by atoms with Crippen LogP contribution in [0.25, 0.3) is 10.8 Å². The summed E-state index contributed by atoms with van der Waals surface area (Å²) in [6.07, 6.45) is 25.3. The third-order valence-corrected chi connectivity index (χ3v) is 13.6. The second-order valence-electron chi connectivity index (χ2n) is 16.4. The van der Waals surface area contributed by atoms with Gasteiger partial charge in [-0.25, -0.2) is 9.13 Å². The highest BCUT2D eigenvalue weighted by molar-refractivity contribution is 5.82. The lowest BCUT2D eigenvalue weighted by molar-refractivity contribution is -0.688. The van der Waals surface area contributed by atoms with Gasteiger partial charge in [-0.1, -0.05) is 102 Å². The summed E-state index contributed by atoms with van der Waals surface area (Å²) in [5.41, 5.74) is 4.19. The van der Waals surface area contributed by atoms with Crippen molar-refractivity contribution in [2.45, 2.75) is 118 Å². The number of rotatable bonds is 8. The number of hydrogen-bond acceptors (Lipinski definition) is 0. The van der Waals surface area contributed by atoms with Crippen LogP contribution in [0, 0.1) is 46.3 Å². The van der Waals surface area contributed by atoms with Crippen LogP contribution in [0.2, 0.25) is 0 Å². The predicted octanol–water partition coefficient (Wildman–Crippen LogP) is 10.6. The summed E-state index contributed by atoms with van der Waals surface area (Å²) < 4.78 is 4.92. The van der Waals surface area contributed by atoms with Crippen molar-refractivity contribution in [1.82, 2.24) is 4.57 Å². The van der Waals surface area contributed by atoms with Gasteiger partial charge in [0.15, 0.2) is 0 Å². The minimum atomic E-state index is 0.427. The van der Waals surface area contributed by atoms with E-state index >= 15 is 0 Å². The van der Waals surface area contributed by atoms with E-state index in [1.165, 1.54) is 87.0 Å². The lowest BCUT2D eigenvalue weighted by atomic mass is 9.47. The van der Waals surface area contributed by atoms with Crippen molar-refractivity contribution < 1.29 is 4.57 Å². The molecule has 3 fully saturated rings. The Morgan fingerprint density at radius 1 is 0.907 bits per heavy atom. The van der Waals surface area contributed by atoms with Crippen molar-refractivity contribution >= 4 is 10.8 Å². The van der Waals surface area contributed by atoms with Crippen LogP contribution in [0.3, 0.4) is 0 Å². The Morgan fingerprint density at radius 2 is 1.74 bits per heavy atom. The summed E-state index contributed by atoms with van der Waals surface area (Å²) in [5, 5.41) is 2.66. The molecule has 0 saturated heterocycles. The van der Waals surface area contributed by atoms with Crippen molar-refractivity contribution in [2.75, 3.05) is 0 Å². The standard InChI is InChI=1S/C41H57N2/c1-29(2)9-8-10-30(3)37-17-18-38-36-16-15-34-26-35(19-21-40(34,4)39(36)20-22-41(37,38)5)43-24-23-42(28-43)27-31-13-14-32-11-6-7-12-33(32)25-31/h6-7,11-15,23-25,28-30,35-39H,8-10,16-22,26-27H2,1-5H3/q+1/t30-,35+,36+,37-,38+,39+,40+,41-/m1/s1. The zero-order chi connectivity index (χ0) is 29.8. The van der Waals surface area contributed by atoms with E-state index in [1.54, 1.807) is 5.57 Å². The lowest BCUT2D eigenvalue weighted by Crippen LogP contribution is -2.50. The van der Waals surface area contributed by atoms with Crippen LogP contribution >= 0.6 is 0 Å². The Kier molecular flexibility index (Phi) is 7.88. The van der Waals surface area contributed by atoms with Crippen molar-refractivity contribution in [2.24, 2.45) is 46.3 Å². The van der Waals surface area contributed by atoms with Crippen molar-refractivity contribution in [1.29, 1.82) is 0 Å². The molecule has 230 valence electrons. The molecule has 1 heterocycles. The Hall–Kier alpha value is -2.35. The molecule has 0 amide bonds. The van der Waals surface area contributed by atoms with E-state index in [9.17, 15) is 0 Å². The highest BCUT2D eigenvalue weighted by Gasteiger charge is 2.59. The molecule has 2 nitrogen and oxygen atoms in total. The van der Waals surface area contributed by atoms with Crippen LogP contribution in [0.1, 0.15) is 117 Å². The fourth-order valence-corrected chi connectivity index (χ4v) is 11.2. The number of nitrogens with zero attached hydrogens (tertiary/aromatic N) is 2. The van der Waals surface area contributed by atoms with E-state index in [0.29, 0.717) is 16.9 Å². The summed E-state index contributed by atoms with van der Waals surface area (Å²) in [7, 11) is 0. The molecular weight excluding hydrogens is 520 g/mol. The number of aromatic nitrogens is 2. The van der Waals surface area contributed by atoms with Crippen LogP contribution in [0.5, 0.6) is 0 Å². The SMILES string of the molecule is CC(C)CCC[C@@H](C)[C@H]1CC[C@H]2[C@@H]3CC=C4C[C@@H](n5cc[n+](Cc6ccc7ccccc7c6)c5)CC[C@]4(C)[C@H]3CC[C@]12C. The zero-order valence-corrected chi connectivity index (χ0v) is 27.8. The van der Waals surface area contributed by atoms with Gasteiger partial charge in [0.25, 0.3) is 0 Å². The van der Waals surface area contributed by atoms with Crippen LogP contribution in [0.4, 0.5) is 0 Å². The molecule has 2 aromatic carbocycles. The fraction of sp³-hybridized carbons (Fsp3) is 0.634. The molecule has 0 unspecified atom stereocenters. The molecule has 1 aromatic heterocycles. The highest BCUT2D eigenvalue weighted by atomic mass is 15.1. The first-order valence-corrected chi connectivity index (χ1v) is 18.0. The third-order valence-electron chi connectivity index (χ3n) is 13.6. The molecule has 2 heteroatoms. The summed E-state index contributed by atoms with van der Waals surface area (Å²) in [6.45, 7) is 13.7. The summed E-state index contributed by atoms with van der Waals surface area (Å²) in [6, 6.07) is 16.2. The van der Waals surface area contributed by atoms with Gasteiger partial charge in [0, 0.05) is 6.42 Å². The number of benzene rings is 2. The first-order valence-electron chi connectivity index (χ1n) is 18.0. The van der Waals surface area contributed by atoms with Crippen molar-refractivity contribution in [3.8, 4) is 0 Å². The average Bonchev–Trinajstić information content (AvgIpc) is 3.60. The number of fused-ring (bicyclic) bond motifs is 6. The monoisotopic (exact) mass is 577 g/mol. The molecule has 4 aliphatic rings. The minimum Gasteiger partial charge on any atom is -0.234 e. The first kappa shape index (κ1) is 29.4. The normalized spacial score (nSPS) is 34.5.